The summed E-state index contributed by atoms with van der Waals surface area (Å²) < 4.78 is 6.20. The van der Waals surface area contributed by atoms with Crippen LogP contribution in [-0.2, 0) is 11.2 Å². The van der Waals surface area contributed by atoms with Crippen molar-refractivity contribution >= 4 is 21.7 Å². The number of carbonyl (C=O) groups excluding carboxylic acids is 1. The Morgan fingerprint density at radius 2 is 2.00 bits per heavy atom. The van der Waals surface area contributed by atoms with Crippen molar-refractivity contribution in [3.05, 3.63) is 40.9 Å². The zero-order valence-corrected chi connectivity index (χ0v) is 10.2. The summed E-state index contributed by atoms with van der Waals surface area (Å²) in [6, 6.07) is 7.50. The Morgan fingerprint density at radius 3 is 2.47 bits per heavy atom. The molecule has 0 spiro atoms. The molecule has 0 heterocycles. The molecule has 0 amide bonds. The standard InChI is InChI=1S/C12H13BrO2/c1-9(13)8-15-12-5-3-11(4-6-12)7-10(2)14/h3-6H,1,7-8H2,2H3. The lowest BCUT2D eigenvalue weighted by Gasteiger charge is -2.05. The van der Waals surface area contributed by atoms with E-state index in [4.69, 9.17) is 4.74 Å². The molecule has 15 heavy (non-hydrogen) atoms. The van der Waals surface area contributed by atoms with Gasteiger partial charge in [-0.1, -0.05) is 34.6 Å². The second-order valence-electron chi connectivity index (χ2n) is 3.33. The fraction of sp³-hybridized carbons (Fsp3) is 0.250. The summed E-state index contributed by atoms with van der Waals surface area (Å²) in [6.07, 6.45) is 0.478. The van der Waals surface area contributed by atoms with Crippen LogP contribution < -0.4 is 4.74 Å². The normalized spacial score (nSPS) is 9.73. The van der Waals surface area contributed by atoms with E-state index in [-0.39, 0.29) is 5.78 Å². The molecular formula is C12H13BrO2. The smallest absolute Gasteiger partial charge is 0.134 e. The van der Waals surface area contributed by atoms with Gasteiger partial charge in [0.2, 0.25) is 0 Å². The first-order valence-electron chi connectivity index (χ1n) is 4.62. The van der Waals surface area contributed by atoms with Crippen LogP contribution in [0.15, 0.2) is 35.3 Å². The first-order chi connectivity index (χ1) is 7.08. The zero-order chi connectivity index (χ0) is 11.3. The van der Waals surface area contributed by atoms with Crippen LogP contribution in [0.25, 0.3) is 0 Å². The van der Waals surface area contributed by atoms with Gasteiger partial charge in [0.1, 0.15) is 18.1 Å². The van der Waals surface area contributed by atoms with Gasteiger partial charge in [0, 0.05) is 10.9 Å². The highest BCUT2D eigenvalue weighted by Gasteiger charge is 1.98. The van der Waals surface area contributed by atoms with Crippen LogP contribution in [0, 0.1) is 0 Å². The van der Waals surface area contributed by atoms with Gasteiger partial charge in [0.25, 0.3) is 0 Å². The molecule has 1 rings (SSSR count). The fourth-order valence-electron chi connectivity index (χ4n) is 1.15. The average molecular weight is 269 g/mol. The van der Waals surface area contributed by atoms with E-state index in [2.05, 4.69) is 22.5 Å². The molecule has 0 N–H and O–H groups in total. The molecule has 80 valence electrons. The number of rotatable bonds is 5. The van der Waals surface area contributed by atoms with E-state index in [9.17, 15) is 4.79 Å². The van der Waals surface area contributed by atoms with Crippen molar-refractivity contribution < 1.29 is 9.53 Å². The summed E-state index contributed by atoms with van der Waals surface area (Å²) in [5, 5.41) is 0. The molecule has 0 radical (unpaired) electrons. The largest absolute Gasteiger partial charge is 0.488 e. The third-order valence-electron chi connectivity index (χ3n) is 1.77. The molecule has 0 atom stereocenters. The van der Waals surface area contributed by atoms with Crippen molar-refractivity contribution in [1.29, 1.82) is 0 Å². The minimum Gasteiger partial charge on any atom is -0.488 e. The van der Waals surface area contributed by atoms with Crippen molar-refractivity contribution in [2.24, 2.45) is 0 Å². The lowest BCUT2D eigenvalue weighted by molar-refractivity contribution is -0.116. The number of halogens is 1. The van der Waals surface area contributed by atoms with E-state index in [1.54, 1.807) is 6.92 Å². The molecule has 0 aromatic heterocycles. The van der Waals surface area contributed by atoms with Crippen molar-refractivity contribution in [3.63, 3.8) is 0 Å². The monoisotopic (exact) mass is 268 g/mol. The summed E-state index contributed by atoms with van der Waals surface area (Å²) in [6.45, 7) is 5.71. The maximum absolute atomic E-state index is 10.9. The Balaban J connectivity index is 2.56. The fourth-order valence-corrected chi connectivity index (χ4v) is 1.27. The van der Waals surface area contributed by atoms with Crippen molar-refractivity contribution in [2.45, 2.75) is 13.3 Å². The Labute approximate surface area is 98.1 Å². The van der Waals surface area contributed by atoms with Gasteiger partial charge >= 0.3 is 0 Å². The number of benzene rings is 1. The van der Waals surface area contributed by atoms with Crippen LogP contribution in [0.3, 0.4) is 0 Å². The Kier molecular flexibility index (Phi) is 4.56. The van der Waals surface area contributed by atoms with Gasteiger partial charge in [-0.15, -0.1) is 0 Å². The minimum atomic E-state index is 0.164. The molecule has 0 saturated carbocycles. The topological polar surface area (TPSA) is 26.3 Å². The van der Waals surface area contributed by atoms with Gasteiger partial charge in [0.05, 0.1) is 0 Å². The van der Waals surface area contributed by atoms with Crippen molar-refractivity contribution in [1.82, 2.24) is 0 Å². The third kappa shape index (κ3) is 4.79. The quantitative estimate of drug-likeness (QED) is 0.821. The van der Waals surface area contributed by atoms with Gasteiger partial charge < -0.3 is 4.74 Å². The van der Waals surface area contributed by atoms with Crippen molar-refractivity contribution in [3.8, 4) is 5.75 Å². The highest BCUT2D eigenvalue weighted by molar-refractivity contribution is 9.11. The number of hydrogen-bond donors (Lipinski definition) is 0. The number of Topliss-reactive ketones (excluding diaryl/α,β-unsaturated/α-hetero) is 1. The van der Waals surface area contributed by atoms with Gasteiger partial charge in [-0.05, 0) is 24.6 Å². The first kappa shape index (κ1) is 12.0. The van der Waals surface area contributed by atoms with Crippen LogP contribution in [0.2, 0.25) is 0 Å². The molecule has 1 aromatic carbocycles. The van der Waals surface area contributed by atoms with Crippen LogP contribution in [0.1, 0.15) is 12.5 Å². The summed E-state index contributed by atoms with van der Waals surface area (Å²) in [5.41, 5.74) is 1.01. The predicted molar refractivity (Wildman–Crippen MR) is 64.4 cm³/mol. The minimum absolute atomic E-state index is 0.164. The predicted octanol–water partition coefficient (Wildman–Crippen LogP) is 3.11. The van der Waals surface area contributed by atoms with E-state index in [1.807, 2.05) is 24.3 Å². The van der Waals surface area contributed by atoms with E-state index in [0.29, 0.717) is 13.0 Å². The molecule has 0 aliphatic rings. The molecule has 3 heteroatoms. The summed E-state index contributed by atoms with van der Waals surface area (Å²) in [5.74, 6) is 0.945. The molecule has 0 unspecified atom stereocenters. The lowest BCUT2D eigenvalue weighted by Crippen LogP contribution is -1.98. The highest BCUT2D eigenvalue weighted by atomic mass is 79.9. The van der Waals surface area contributed by atoms with Gasteiger partial charge in [-0.3, -0.25) is 4.79 Å². The van der Waals surface area contributed by atoms with E-state index >= 15 is 0 Å². The first-order valence-corrected chi connectivity index (χ1v) is 5.41. The number of carbonyl (C=O) groups is 1. The van der Waals surface area contributed by atoms with Gasteiger partial charge in [-0.2, -0.15) is 0 Å². The molecule has 0 aliphatic heterocycles. The van der Waals surface area contributed by atoms with E-state index in [0.717, 1.165) is 15.8 Å². The molecule has 0 saturated heterocycles. The number of hydrogen-bond acceptors (Lipinski definition) is 2. The second-order valence-corrected chi connectivity index (χ2v) is 4.45. The van der Waals surface area contributed by atoms with Gasteiger partial charge in [0.15, 0.2) is 0 Å². The van der Waals surface area contributed by atoms with E-state index in [1.165, 1.54) is 0 Å². The molecule has 0 aliphatic carbocycles. The third-order valence-corrected chi connectivity index (χ3v) is 2.00. The molecule has 2 nitrogen and oxygen atoms in total. The average Bonchev–Trinajstić information content (AvgIpc) is 2.16. The van der Waals surface area contributed by atoms with Crippen LogP contribution in [-0.4, -0.2) is 12.4 Å². The number of ketones is 1. The summed E-state index contributed by atoms with van der Waals surface area (Å²) in [4.78, 5) is 10.9. The van der Waals surface area contributed by atoms with Crippen LogP contribution in [0.5, 0.6) is 5.75 Å². The number of ether oxygens (including phenoxy) is 1. The SMILES string of the molecule is C=C(Br)COc1ccc(CC(C)=O)cc1. The van der Waals surface area contributed by atoms with E-state index < -0.39 is 0 Å². The maximum Gasteiger partial charge on any atom is 0.134 e. The molecule has 0 fully saturated rings. The molecule has 0 bridgehead atoms. The molecule has 1 aromatic rings. The van der Waals surface area contributed by atoms with Crippen LogP contribution in [0.4, 0.5) is 0 Å². The summed E-state index contributed by atoms with van der Waals surface area (Å²) in [7, 11) is 0. The Hall–Kier alpha value is -1.09. The molecular weight excluding hydrogens is 256 g/mol. The lowest BCUT2D eigenvalue weighted by atomic mass is 10.1. The second kappa shape index (κ2) is 5.71. The van der Waals surface area contributed by atoms with Crippen LogP contribution >= 0.6 is 15.9 Å². The maximum atomic E-state index is 10.9. The highest BCUT2D eigenvalue weighted by Crippen LogP contribution is 2.14. The Bertz CT molecular complexity index is 354. The Morgan fingerprint density at radius 1 is 1.40 bits per heavy atom. The zero-order valence-electron chi connectivity index (χ0n) is 8.63. The summed E-state index contributed by atoms with van der Waals surface area (Å²) >= 11 is 3.21. The van der Waals surface area contributed by atoms with Crippen molar-refractivity contribution in [2.75, 3.05) is 6.61 Å². The van der Waals surface area contributed by atoms with Gasteiger partial charge in [-0.25, -0.2) is 0 Å².